The Balaban J connectivity index is 2.97. The number of rotatable bonds is 5. The Hall–Kier alpha value is -0.670. The maximum atomic E-state index is 12.3. The van der Waals surface area contributed by atoms with Gasteiger partial charge in [0.2, 0.25) is 0 Å². The van der Waals surface area contributed by atoms with Crippen LogP contribution in [0.15, 0.2) is 23.1 Å². The highest BCUT2D eigenvalue weighted by Crippen LogP contribution is 2.24. The molecule has 0 aromatic heterocycles. The zero-order chi connectivity index (χ0) is 13.8. The molecule has 0 unspecified atom stereocenters. The van der Waals surface area contributed by atoms with E-state index in [9.17, 15) is 4.79 Å². The van der Waals surface area contributed by atoms with E-state index in [1.165, 1.54) is 0 Å². The number of benzene rings is 1. The Bertz CT molecular complexity index is 430. The number of hydrogen-bond donors (Lipinski definition) is 1. The lowest BCUT2D eigenvalue weighted by Crippen LogP contribution is -2.45. The first kappa shape index (κ1) is 15.4. The first-order valence-corrected chi connectivity index (χ1v) is 7.72. The number of thioether (sulfide) groups is 1. The van der Waals surface area contributed by atoms with E-state index in [-0.39, 0.29) is 11.4 Å². The lowest BCUT2D eigenvalue weighted by Gasteiger charge is -2.28. The fourth-order valence-corrected chi connectivity index (χ4v) is 2.22. The number of carbonyl (C=O) groups is 1. The van der Waals surface area contributed by atoms with Gasteiger partial charge in [0.1, 0.15) is 0 Å². The summed E-state index contributed by atoms with van der Waals surface area (Å²) in [4.78, 5) is 13.3. The Morgan fingerprint density at radius 3 is 2.50 bits per heavy atom. The number of nitrogens with one attached hydrogen (secondary N) is 1. The molecule has 0 bridgehead atoms. The molecular weight excluding hydrogens is 266 g/mol. The quantitative estimate of drug-likeness (QED) is 0.814. The van der Waals surface area contributed by atoms with Gasteiger partial charge < -0.3 is 5.32 Å². The summed E-state index contributed by atoms with van der Waals surface area (Å²) in [6.45, 7) is 6.20. The molecule has 0 aliphatic carbocycles. The van der Waals surface area contributed by atoms with Crippen molar-refractivity contribution in [2.75, 3.05) is 6.26 Å². The Morgan fingerprint density at radius 1 is 1.39 bits per heavy atom. The molecule has 1 rings (SSSR count). The van der Waals surface area contributed by atoms with Crippen molar-refractivity contribution in [3.8, 4) is 0 Å². The van der Waals surface area contributed by atoms with Crippen molar-refractivity contribution in [2.24, 2.45) is 0 Å². The third kappa shape index (κ3) is 3.66. The van der Waals surface area contributed by atoms with E-state index in [0.29, 0.717) is 10.6 Å². The van der Waals surface area contributed by atoms with Gasteiger partial charge in [-0.05, 0) is 44.2 Å². The Labute approximate surface area is 118 Å². The SMILES string of the molecule is CCC(C)(CC)NC(=O)c1cc(SC)ccc1Cl. The summed E-state index contributed by atoms with van der Waals surface area (Å²) in [6.07, 6.45) is 3.78. The molecule has 0 heterocycles. The second-order valence-electron chi connectivity index (χ2n) is 4.57. The van der Waals surface area contributed by atoms with Gasteiger partial charge in [0, 0.05) is 10.4 Å². The van der Waals surface area contributed by atoms with Crippen molar-refractivity contribution in [3.05, 3.63) is 28.8 Å². The fourth-order valence-electron chi connectivity index (χ4n) is 1.57. The average molecular weight is 286 g/mol. The van der Waals surface area contributed by atoms with Gasteiger partial charge >= 0.3 is 0 Å². The van der Waals surface area contributed by atoms with Crippen LogP contribution in [0, 0.1) is 0 Å². The smallest absolute Gasteiger partial charge is 0.253 e. The highest BCUT2D eigenvalue weighted by Gasteiger charge is 2.23. The lowest BCUT2D eigenvalue weighted by molar-refractivity contribution is 0.0901. The molecule has 100 valence electrons. The van der Waals surface area contributed by atoms with E-state index in [1.807, 2.05) is 18.4 Å². The van der Waals surface area contributed by atoms with E-state index < -0.39 is 0 Å². The molecule has 0 spiro atoms. The second-order valence-corrected chi connectivity index (χ2v) is 5.85. The average Bonchev–Trinajstić information content (AvgIpc) is 2.39. The van der Waals surface area contributed by atoms with E-state index in [2.05, 4.69) is 26.1 Å². The summed E-state index contributed by atoms with van der Waals surface area (Å²) in [7, 11) is 0. The van der Waals surface area contributed by atoms with Crippen molar-refractivity contribution in [2.45, 2.75) is 44.0 Å². The summed E-state index contributed by atoms with van der Waals surface area (Å²) in [5, 5.41) is 3.57. The van der Waals surface area contributed by atoms with Gasteiger partial charge in [-0.2, -0.15) is 0 Å². The van der Waals surface area contributed by atoms with Crippen molar-refractivity contribution < 1.29 is 4.79 Å². The lowest BCUT2D eigenvalue weighted by atomic mass is 9.95. The summed E-state index contributed by atoms with van der Waals surface area (Å²) in [5.74, 6) is -0.0953. The van der Waals surface area contributed by atoms with Crippen molar-refractivity contribution in [1.29, 1.82) is 0 Å². The molecule has 18 heavy (non-hydrogen) atoms. The summed E-state index contributed by atoms with van der Waals surface area (Å²) >= 11 is 7.69. The summed E-state index contributed by atoms with van der Waals surface area (Å²) < 4.78 is 0. The normalized spacial score (nSPS) is 11.4. The highest BCUT2D eigenvalue weighted by atomic mass is 35.5. The first-order valence-electron chi connectivity index (χ1n) is 6.11. The number of hydrogen-bond acceptors (Lipinski definition) is 2. The van der Waals surface area contributed by atoms with Gasteiger partial charge in [0.15, 0.2) is 0 Å². The minimum Gasteiger partial charge on any atom is -0.347 e. The van der Waals surface area contributed by atoms with Crippen LogP contribution >= 0.6 is 23.4 Å². The maximum absolute atomic E-state index is 12.3. The van der Waals surface area contributed by atoms with Gasteiger partial charge in [-0.15, -0.1) is 11.8 Å². The van der Waals surface area contributed by atoms with Crippen molar-refractivity contribution in [1.82, 2.24) is 5.32 Å². The molecule has 0 aliphatic rings. The van der Waals surface area contributed by atoms with Crippen LogP contribution in [0.1, 0.15) is 44.0 Å². The third-order valence-electron chi connectivity index (χ3n) is 3.39. The summed E-state index contributed by atoms with van der Waals surface area (Å²) in [6, 6.07) is 5.54. The van der Waals surface area contributed by atoms with Crippen LogP contribution in [0.25, 0.3) is 0 Å². The molecule has 1 aromatic carbocycles. The Kier molecular flexibility index (Phi) is 5.54. The summed E-state index contributed by atoms with van der Waals surface area (Å²) in [5.41, 5.74) is 0.382. The van der Waals surface area contributed by atoms with E-state index in [4.69, 9.17) is 11.6 Å². The Morgan fingerprint density at radius 2 is 2.00 bits per heavy atom. The molecule has 0 aliphatic heterocycles. The van der Waals surface area contributed by atoms with Crippen LogP contribution in [-0.2, 0) is 0 Å². The van der Waals surface area contributed by atoms with E-state index in [0.717, 1.165) is 17.7 Å². The van der Waals surface area contributed by atoms with E-state index in [1.54, 1.807) is 17.8 Å². The van der Waals surface area contributed by atoms with Crippen molar-refractivity contribution in [3.63, 3.8) is 0 Å². The molecule has 0 atom stereocenters. The minimum atomic E-state index is -0.171. The minimum absolute atomic E-state index is 0.0953. The molecule has 0 radical (unpaired) electrons. The number of carbonyl (C=O) groups excluding carboxylic acids is 1. The first-order chi connectivity index (χ1) is 8.45. The molecule has 4 heteroatoms. The van der Waals surface area contributed by atoms with Crippen LogP contribution in [-0.4, -0.2) is 17.7 Å². The highest BCUT2D eigenvalue weighted by molar-refractivity contribution is 7.98. The van der Waals surface area contributed by atoms with Gasteiger partial charge in [-0.1, -0.05) is 25.4 Å². The van der Waals surface area contributed by atoms with Gasteiger partial charge in [-0.3, -0.25) is 4.79 Å². The van der Waals surface area contributed by atoms with Gasteiger partial charge in [0.25, 0.3) is 5.91 Å². The van der Waals surface area contributed by atoms with Gasteiger partial charge in [0.05, 0.1) is 10.6 Å². The number of halogens is 1. The molecule has 0 fully saturated rings. The largest absolute Gasteiger partial charge is 0.347 e. The monoisotopic (exact) mass is 285 g/mol. The van der Waals surface area contributed by atoms with Crippen molar-refractivity contribution >= 4 is 29.3 Å². The molecule has 1 aromatic rings. The number of amides is 1. The topological polar surface area (TPSA) is 29.1 Å². The molecule has 1 N–H and O–H groups in total. The van der Waals surface area contributed by atoms with Gasteiger partial charge in [-0.25, -0.2) is 0 Å². The maximum Gasteiger partial charge on any atom is 0.253 e. The van der Waals surface area contributed by atoms with Crippen LogP contribution < -0.4 is 5.32 Å². The second kappa shape index (κ2) is 6.48. The van der Waals surface area contributed by atoms with Crippen LogP contribution in [0.3, 0.4) is 0 Å². The standard InChI is InChI=1S/C14H20ClNOS/c1-5-14(3,6-2)16-13(17)11-9-10(18-4)7-8-12(11)15/h7-9H,5-6H2,1-4H3,(H,16,17). The van der Waals surface area contributed by atoms with Crippen LogP contribution in [0.5, 0.6) is 0 Å². The predicted molar refractivity (Wildman–Crippen MR) is 79.7 cm³/mol. The molecule has 0 saturated heterocycles. The third-order valence-corrected chi connectivity index (χ3v) is 4.45. The zero-order valence-electron chi connectivity index (χ0n) is 11.3. The molecule has 0 saturated carbocycles. The predicted octanol–water partition coefficient (Wildman–Crippen LogP) is 4.37. The van der Waals surface area contributed by atoms with E-state index >= 15 is 0 Å². The molecule has 1 amide bonds. The molecular formula is C14H20ClNOS. The van der Waals surface area contributed by atoms with Crippen LogP contribution in [0.2, 0.25) is 5.02 Å². The van der Waals surface area contributed by atoms with Crippen LogP contribution in [0.4, 0.5) is 0 Å². The zero-order valence-corrected chi connectivity index (χ0v) is 12.9. The fraction of sp³-hybridized carbons (Fsp3) is 0.500. The molecule has 2 nitrogen and oxygen atoms in total.